The van der Waals surface area contributed by atoms with E-state index in [0.29, 0.717) is 12.1 Å². The van der Waals surface area contributed by atoms with Crippen molar-refractivity contribution in [3.8, 4) is 0 Å². The molecular formula is C11H17ClN2S. The molecule has 0 spiro atoms. The quantitative estimate of drug-likeness (QED) is 0.876. The molecule has 0 radical (unpaired) electrons. The monoisotopic (exact) mass is 244 g/mol. The highest BCUT2D eigenvalue weighted by Gasteiger charge is 2.28. The molecule has 1 aliphatic rings. The summed E-state index contributed by atoms with van der Waals surface area (Å²) in [5, 5.41) is 3.32. The number of thiophene rings is 1. The third-order valence-corrected chi connectivity index (χ3v) is 4.50. The predicted octanol–water partition coefficient (Wildman–Crippen LogP) is 2.76. The first-order chi connectivity index (χ1) is 7.22. The lowest BCUT2D eigenvalue weighted by Crippen LogP contribution is -2.57. The molecule has 1 atom stereocenters. The number of hydrogen-bond acceptors (Lipinski definition) is 3. The summed E-state index contributed by atoms with van der Waals surface area (Å²) in [6.45, 7) is 7.84. The Morgan fingerprint density at radius 2 is 2.33 bits per heavy atom. The van der Waals surface area contributed by atoms with Crippen LogP contribution in [-0.2, 0) is 0 Å². The molecule has 84 valence electrons. The van der Waals surface area contributed by atoms with Crippen LogP contribution in [0.4, 0.5) is 0 Å². The lowest BCUT2D eigenvalue weighted by molar-refractivity contribution is 0.111. The minimum atomic E-state index is 0.486. The number of hydrogen-bond donors (Lipinski definition) is 1. The van der Waals surface area contributed by atoms with Gasteiger partial charge >= 0.3 is 0 Å². The molecule has 1 N–H and O–H groups in total. The van der Waals surface area contributed by atoms with Gasteiger partial charge in [0.15, 0.2) is 0 Å². The fraction of sp³-hybridized carbons (Fsp3) is 0.636. The molecule has 1 aromatic heterocycles. The summed E-state index contributed by atoms with van der Waals surface area (Å²) in [6, 6.07) is 5.32. The smallest absolute Gasteiger partial charge is 0.0931 e. The molecular weight excluding hydrogens is 228 g/mol. The maximum atomic E-state index is 5.97. The standard InChI is InChI=1S/C11H17ClN2S/c1-3-14(9-6-13-7-9)8(2)10-4-5-11(12)15-10/h4-5,8-9,13H,3,6-7H2,1-2H3. The number of nitrogens with one attached hydrogen (secondary N) is 1. The van der Waals surface area contributed by atoms with E-state index in [4.69, 9.17) is 11.6 Å². The summed E-state index contributed by atoms with van der Waals surface area (Å²) in [4.78, 5) is 3.91. The van der Waals surface area contributed by atoms with Gasteiger partial charge in [0.05, 0.1) is 4.34 Å². The van der Waals surface area contributed by atoms with Crippen LogP contribution in [0.25, 0.3) is 0 Å². The molecule has 2 nitrogen and oxygen atoms in total. The maximum absolute atomic E-state index is 5.97. The lowest BCUT2D eigenvalue weighted by Gasteiger charge is -2.41. The highest BCUT2D eigenvalue weighted by molar-refractivity contribution is 7.16. The Morgan fingerprint density at radius 3 is 2.73 bits per heavy atom. The molecule has 4 heteroatoms. The summed E-state index contributed by atoms with van der Waals surface area (Å²) in [5.41, 5.74) is 0. The number of nitrogens with zero attached hydrogens (tertiary/aromatic N) is 1. The van der Waals surface area contributed by atoms with Gasteiger partial charge in [-0.15, -0.1) is 11.3 Å². The summed E-state index contributed by atoms with van der Waals surface area (Å²) >= 11 is 7.66. The van der Waals surface area contributed by atoms with Gasteiger partial charge < -0.3 is 5.32 Å². The summed E-state index contributed by atoms with van der Waals surface area (Å²) in [6.07, 6.45) is 0. The molecule has 1 unspecified atom stereocenters. The summed E-state index contributed by atoms with van der Waals surface area (Å²) < 4.78 is 0.889. The van der Waals surface area contributed by atoms with E-state index in [-0.39, 0.29) is 0 Å². The second-order valence-electron chi connectivity index (χ2n) is 3.96. The molecule has 2 heterocycles. The molecule has 15 heavy (non-hydrogen) atoms. The Morgan fingerprint density at radius 1 is 1.60 bits per heavy atom. The Labute approximate surface area is 100 Å². The highest BCUT2D eigenvalue weighted by atomic mass is 35.5. The number of likely N-dealkylation sites (N-methyl/N-ethyl adjacent to an activating group) is 1. The van der Waals surface area contributed by atoms with E-state index in [9.17, 15) is 0 Å². The molecule has 0 saturated carbocycles. The van der Waals surface area contributed by atoms with Crippen molar-refractivity contribution < 1.29 is 0 Å². The number of rotatable bonds is 4. The van der Waals surface area contributed by atoms with Gasteiger partial charge in [0.2, 0.25) is 0 Å². The zero-order valence-electron chi connectivity index (χ0n) is 9.16. The zero-order chi connectivity index (χ0) is 10.8. The molecule has 1 fully saturated rings. The highest BCUT2D eigenvalue weighted by Crippen LogP contribution is 2.31. The molecule has 0 aromatic carbocycles. The fourth-order valence-electron chi connectivity index (χ4n) is 2.07. The first-order valence-corrected chi connectivity index (χ1v) is 6.63. The van der Waals surface area contributed by atoms with Crippen LogP contribution in [0.15, 0.2) is 12.1 Å². The van der Waals surface area contributed by atoms with Crippen LogP contribution in [-0.4, -0.2) is 30.6 Å². The van der Waals surface area contributed by atoms with E-state index in [1.165, 1.54) is 4.88 Å². The third kappa shape index (κ3) is 2.36. The van der Waals surface area contributed by atoms with Gasteiger partial charge in [-0.2, -0.15) is 0 Å². The van der Waals surface area contributed by atoms with E-state index in [1.807, 2.05) is 6.07 Å². The zero-order valence-corrected chi connectivity index (χ0v) is 10.7. The topological polar surface area (TPSA) is 15.3 Å². The Balaban J connectivity index is 2.07. The largest absolute Gasteiger partial charge is 0.314 e. The van der Waals surface area contributed by atoms with Crippen molar-refractivity contribution >= 4 is 22.9 Å². The van der Waals surface area contributed by atoms with E-state index in [2.05, 4.69) is 30.1 Å². The minimum absolute atomic E-state index is 0.486. The van der Waals surface area contributed by atoms with E-state index in [0.717, 1.165) is 24.0 Å². The van der Waals surface area contributed by atoms with Crippen molar-refractivity contribution in [1.29, 1.82) is 0 Å². The fourth-order valence-corrected chi connectivity index (χ4v) is 3.21. The van der Waals surface area contributed by atoms with Crippen LogP contribution >= 0.6 is 22.9 Å². The predicted molar refractivity (Wildman–Crippen MR) is 66.8 cm³/mol. The van der Waals surface area contributed by atoms with Crippen LogP contribution < -0.4 is 5.32 Å². The molecule has 1 aromatic rings. The first kappa shape index (κ1) is 11.4. The van der Waals surface area contributed by atoms with Gasteiger partial charge in [0.1, 0.15) is 0 Å². The average molecular weight is 245 g/mol. The van der Waals surface area contributed by atoms with Crippen molar-refractivity contribution in [3.63, 3.8) is 0 Å². The van der Waals surface area contributed by atoms with Crippen LogP contribution in [0, 0.1) is 0 Å². The van der Waals surface area contributed by atoms with Crippen molar-refractivity contribution in [3.05, 3.63) is 21.3 Å². The molecule has 0 amide bonds. The normalized spacial score (nSPS) is 19.2. The Bertz CT molecular complexity index is 322. The van der Waals surface area contributed by atoms with Crippen molar-refractivity contribution in [2.45, 2.75) is 25.9 Å². The lowest BCUT2D eigenvalue weighted by atomic mass is 10.1. The minimum Gasteiger partial charge on any atom is -0.314 e. The van der Waals surface area contributed by atoms with Gasteiger partial charge in [-0.05, 0) is 25.6 Å². The van der Waals surface area contributed by atoms with Gasteiger partial charge in [0.25, 0.3) is 0 Å². The van der Waals surface area contributed by atoms with Crippen molar-refractivity contribution in [1.82, 2.24) is 10.2 Å². The average Bonchev–Trinajstić information content (AvgIpc) is 2.57. The Kier molecular flexibility index (Phi) is 3.67. The Hall–Kier alpha value is -0.0900. The molecule has 2 rings (SSSR count). The molecule has 1 aliphatic heterocycles. The van der Waals surface area contributed by atoms with Crippen LogP contribution in [0.5, 0.6) is 0 Å². The second kappa shape index (κ2) is 4.83. The van der Waals surface area contributed by atoms with Gasteiger partial charge in [-0.1, -0.05) is 18.5 Å². The third-order valence-electron chi connectivity index (χ3n) is 3.10. The van der Waals surface area contributed by atoms with E-state index >= 15 is 0 Å². The summed E-state index contributed by atoms with van der Waals surface area (Å²) in [7, 11) is 0. The van der Waals surface area contributed by atoms with Gasteiger partial charge in [-0.25, -0.2) is 0 Å². The molecule has 1 saturated heterocycles. The van der Waals surface area contributed by atoms with Crippen LogP contribution in [0.1, 0.15) is 24.8 Å². The number of halogens is 1. The van der Waals surface area contributed by atoms with Crippen molar-refractivity contribution in [2.75, 3.05) is 19.6 Å². The SMILES string of the molecule is CCN(C1CNC1)C(C)c1ccc(Cl)s1. The summed E-state index contributed by atoms with van der Waals surface area (Å²) in [5.74, 6) is 0. The van der Waals surface area contributed by atoms with E-state index < -0.39 is 0 Å². The van der Waals surface area contributed by atoms with Crippen molar-refractivity contribution in [2.24, 2.45) is 0 Å². The van der Waals surface area contributed by atoms with Gasteiger partial charge in [-0.3, -0.25) is 4.90 Å². The van der Waals surface area contributed by atoms with Crippen LogP contribution in [0.2, 0.25) is 4.34 Å². The molecule has 0 aliphatic carbocycles. The van der Waals surface area contributed by atoms with E-state index in [1.54, 1.807) is 11.3 Å². The molecule has 0 bridgehead atoms. The van der Waals surface area contributed by atoms with Gasteiger partial charge in [0, 0.05) is 30.1 Å². The second-order valence-corrected chi connectivity index (χ2v) is 5.71. The van der Waals surface area contributed by atoms with Crippen LogP contribution in [0.3, 0.4) is 0 Å². The maximum Gasteiger partial charge on any atom is 0.0931 e. The first-order valence-electron chi connectivity index (χ1n) is 5.44.